The molecule has 2 atom stereocenters. The molecule has 0 saturated carbocycles. The fourth-order valence-electron chi connectivity index (χ4n) is 4.52. The van der Waals surface area contributed by atoms with E-state index < -0.39 is 0 Å². The second-order valence-corrected chi connectivity index (χ2v) is 12.4. The van der Waals surface area contributed by atoms with Crippen LogP contribution >= 0.6 is 0 Å². The Morgan fingerprint density at radius 1 is 0.618 bits per heavy atom. The molecule has 2 N–H and O–H groups in total. The summed E-state index contributed by atoms with van der Waals surface area (Å²) < 4.78 is 0. The van der Waals surface area contributed by atoms with Crippen LogP contribution in [0.1, 0.15) is 147 Å². The first kappa shape index (κ1) is 28.3. The minimum atomic E-state index is -0.129. The van der Waals surface area contributed by atoms with Crippen molar-refractivity contribution in [1.29, 1.82) is 0 Å². The lowest BCUT2D eigenvalue weighted by atomic mass is 9.75. The maximum atomic E-state index is 11.6. The van der Waals surface area contributed by atoms with Gasteiger partial charge in [0.25, 0.3) is 0 Å². The van der Waals surface area contributed by atoms with Crippen LogP contribution < -0.4 is 0 Å². The number of aromatic hydroxyl groups is 2. The molecule has 0 saturated heterocycles. The molecule has 0 amide bonds. The van der Waals surface area contributed by atoms with Crippen molar-refractivity contribution in [2.45, 2.75) is 125 Å². The van der Waals surface area contributed by atoms with E-state index in [9.17, 15) is 10.2 Å². The van der Waals surface area contributed by atoms with Crippen LogP contribution in [-0.4, -0.2) is 10.2 Å². The van der Waals surface area contributed by atoms with Crippen LogP contribution in [0.25, 0.3) is 0 Å². The Balaban J connectivity index is 2.86. The molecule has 0 heterocycles. The zero-order valence-electron chi connectivity index (χ0n) is 23.9. The predicted molar refractivity (Wildman–Crippen MR) is 148 cm³/mol. The van der Waals surface area contributed by atoms with Gasteiger partial charge in [-0.2, -0.15) is 0 Å². The summed E-state index contributed by atoms with van der Waals surface area (Å²) in [4.78, 5) is 0. The summed E-state index contributed by atoms with van der Waals surface area (Å²) in [6, 6.07) is 8.77. The van der Waals surface area contributed by atoms with Gasteiger partial charge >= 0.3 is 0 Å². The Kier molecular flexibility index (Phi) is 8.60. The lowest BCUT2D eigenvalue weighted by Gasteiger charge is -2.31. The Bertz CT molecular complexity index is 995. The van der Waals surface area contributed by atoms with E-state index in [1.807, 2.05) is 0 Å². The lowest BCUT2D eigenvalue weighted by Crippen LogP contribution is -2.18. The lowest BCUT2D eigenvalue weighted by molar-refractivity contribution is 0.430. The molecule has 0 radical (unpaired) electrons. The molecule has 2 heteroatoms. The number of phenolic OH excluding ortho intramolecular Hbond substituents is 2. The molecule has 0 aliphatic carbocycles. The average Bonchev–Trinajstić information content (AvgIpc) is 2.77. The normalized spacial score (nSPS) is 14.6. The Labute approximate surface area is 209 Å². The molecule has 190 valence electrons. The second-order valence-electron chi connectivity index (χ2n) is 12.4. The van der Waals surface area contributed by atoms with Gasteiger partial charge in [0.05, 0.1) is 0 Å². The third-order valence-electron chi connectivity index (χ3n) is 8.71. The van der Waals surface area contributed by atoms with E-state index >= 15 is 0 Å². The first-order valence-corrected chi connectivity index (χ1v) is 13.3. The van der Waals surface area contributed by atoms with E-state index in [0.717, 1.165) is 35.1 Å². The van der Waals surface area contributed by atoms with Crippen molar-refractivity contribution < 1.29 is 10.2 Å². The maximum absolute atomic E-state index is 11.6. The molecule has 0 aliphatic rings. The van der Waals surface area contributed by atoms with Gasteiger partial charge in [-0.1, -0.05) is 107 Å². The molecule has 2 rings (SSSR count). The van der Waals surface area contributed by atoms with Crippen molar-refractivity contribution in [1.82, 2.24) is 0 Å². The largest absolute Gasteiger partial charge is 0.507 e. The van der Waals surface area contributed by atoms with E-state index in [2.05, 4.69) is 107 Å². The quantitative estimate of drug-likeness (QED) is 0.386. The zero-order valence-corrected chi connectivity index (χ0v) is 23.9. The van der Waals surface area contributed by atoms with E-state index in [0.29, 0.717) is 17.4 Å². The van der Waals surface area contributed by atoms with Crippen LogP contribution in [0.15, 0.2) is 24.3 Å². The molecule has 0 bridgehead atoms. The van der Waals surface area contributed by atoms with Gasteiger partial charge in [-0.05, 0) is 63.7 Å². The monoisotopic (exact) mass is 466 g/mol. The summed E-state index contributed by atoms with van der Waals surface area (Å²) >= 11 is 0. The Morgan fingerprint density at radius 3 is 1.32 bits per heavy atom. The Morgan fingerprint density at radius 2 is 0.971 bits per heavy atom. The van der Waals surface area contributed by atoms with E-state index in [-0.39, 0.29) is 28.6 Å². The van der Waals surface area contributed by atoms with Gasteiger partial charge in [0, 0.05) is 17.0 Å². The molecular weight excluding hydrogens is 416 g/mol. The standard InChI is InChI=1S/C32H50O2/c1-13-31(9,10)23-15-25(20(5)6)29(33)27(17-23)22(8)28-18-24(32(11,12)14-2)16-26(30(28)34)21(7)19(3)4/h15-22,33-34H,13-14H2,1-12H3. The van der Waals surface area contributed by atoms with Crippen molar-refractivity contribution >= 4 is 0 Å². The number of benzene rings is 2. The van der Waals surface area contributed by atoms with Gasteiger partial charge in [-0.25, -0.2) is 0 Å². The number of hydrogen-bond acceptors (Lipinski definition) is 2. The molecule has 2 aromatic rings. The highest BCUT2D eigenvalue weighted by atomic mass is 16.3. The number of hydrogen-bond donors (Lipinski definition) is 2. The molecule has 2 aromatic carbocycles. The van der Waals surface area contributed by atoms with E-state index in [4.69, 9.17) is 0 Å². The number of rotatable bonds is 9. The molecule has 2 unspecified atom stereocenters. The maximum Gasteiger partial charge on any atom is 0.122 e. The first-order chi connectivity index (χ1) is 15.6. The Hall–Kier alpha value is -1.96. The molecule has 0 aliphatic heterocycles. The van der Waals surface area contributed by atoms with Crippen LogP contribution in [0.5, 0.6) is 11.5 Å². The molecule has 34 heavy (non-hydrogen) atoms. The van der Waals surface area contributed by atoms with Gasteiger partial charge < -0.3 is 10.2 Å². The topological polar surface area (TPSA) is 40.5 Å². The predicted octanol–water partition coefficient (Wildman–Crippen LogP) is 9.51. The van der Waals surface area contributed by atoms with Crippen molar-refractivity contribution in [3.05, 3.63) is 57.6 Å². The van der Waals surface area contributed by atoms with Crippen LogP contribution in [0.4, 0.5) is 0 Å². The van der Waals surface area contributed by atoms with E-state index in [1.54, 1.807) is 0 Å². The van der Waals surface area contributed by atoms with Crippen LogP contribution in [-0.2, 0) is 10.8 Å². The average molecular weight is 467 g/mol. The fourth-order valence-corrected chi connectivity index (χ4v) is 4.52. The molecule has 0 spiro atoms. The third-order valence-corrected chi connectivity index (χ3v) is 8.71. The van der Waals surface area contributed by atoms with Gasteiger partial charge in [0.2, 0.25) is 0 Å². The minimum absolute atomic E-state index is 0.00477. The van der Waals surface area contributed by atoms with Crippen molar-refractivity contribution in [2.24, 2.45) is 5.92 Å². The van der Waals surface area contributed by atoms with Crippen molar-refractivity contribution in [3.8, 4) is 11.5 Å². The van der Waals surface area contributed by atoms with Crippen molar-refractivity contribution in [3.63, 3.8) is 0 Å². The smallest absolute Gasteiger partial charge is 0.122 e. The van der Waals surface area contributed by atoms with Gasteiger partial charge in [-0.3, -0.25) is 0 Å². The summed E-state index contributed by atoms with van der Waals surface area (Å²) in [5, 5.41) is 23.0. The summed E-state index contributed by atoms with van der Waals surface area (Å²) in [6.07, 6.45) is 2.04. The summed E-state index contributed by atoms with van der Waals surface area (Å²) in [7, 11) is 0. The van der Waals surface area contributed by atoms with Gasteiger partial charge in [0.1, 0.15) is 11.5 Å². The van der Waals surface area contributed by atoms with Gasteiger partial charge in [-0.15, -0.1) is 0 Å². The number of phenols is 2. The second kappa shape index (κ2) is 10.3. The molecule has 2 nitrogen and oxygen atoms in total. The molecule has 0 aromatic heterocycles. The summed E-state index contributed by atoms with van der Waals surface area (Å²) in [5.74, 6) is 1.50. The highest BCUT2D eigenvalue weighted by Crippen LogP contribution is 2.46. The molecule has 0 fully saturated rings. The third kappa shape index (κ3) is 5.47. The molecular formula is C32H50O2. The highest BCUT2D eigenvalue weighted by molar-refractivity contribution is 5.56. The minimum Gasteiger partial charge on any atom is -0.507 e. The van der Waals surface area contributed by atoms with Crippen LogP contribution in [0.2, 0.25) is 0 Å². The summed E-state index contributed by atoms with van der Waals surface area (Å²) in [5.41, 5.74) is 6.35. The zero-order chi connectivity index (χ0) is 26.2. The van der Waals surface area contributed by atoms with E-state index in [1.165, 1.54) is 11.1 Å². The highest BCUT2D eigenvalue weighted by Gasteiger charge is 2.29. The first-order valence-electron chi connectivity index (χ1n) is 13.3. The summed E-state index contributed by atoms with van der Waals surface area (Å²) in [6.45, 7) is 26.5. The van der Waals surface area contributed by atoms with Crippen LogP contribution in [0.3, 0.4) is 0 Å². The van der Waals surface area contributed by atoms with Gasteiger partial charge in [0.15, 0.2) is 0 Å². The van der Waals surface area contributed by atoms with Crippen molar-refractivity contribution in [2.75, 3.05) is 0 Å². The fraction of sp³-hybridized carbons (Fsp3) is 0.625. The van der Waals surface area contributed by atoms with Crippen LogP contribution in [0, 0.1) is 5.92 Å². The SMILES string of the molecule is CCC(C)(C)c1cc(C(C)C)c(O)c(C(C)c2cc(C(C)(C)CC)cc(C(C)C(C)C)c2O)c1.